The topological polar surface area (TPSA) is 82.4 Å². The summed E-state index contributed by atoms with van der Waals surface area (Å²) in [5.74, 6) is -0.218. The molecule has 0 radical (unpaired) electrons. The second kappa shape index (κ2) is 6.87. The third kappa shape index (κ3) is 3.89. The molecular weight excluding hydrogens is 244 g/mol. The van der Waals surface area contributed by atoms with E-state index in [4.69, 9.17) is 10.00 Å². The minimum Gasteiger partial charge on any atom is -0.504 e. The van der Waals surface area contributed by atoms with Crippen molar-refractivity contribution >= 4 is 12.0 Å². The van der Waals surface area contributed by atoms with Crippen molar-refractivity contribution in [1.29, 1.82) is 5.26 Å². The molecule has 0 saturated heterocycles. The standard InChI is InChI=1S/C14H14N2O3/c1-3-6-16-14(18)11(9-15)7-10-4-5-13(19-2)12(17)8-10/h3-5,7-8,17H,1,6H2,2H3,(H,16,18)/b11-7-. The van der Waals surface area contributed by atoms with Gasteiger partial charge in [0.1, 0.15) is 11.6 Å². The average molecular weight is 258 g/mol. The van der Waals surface area contributed by atoms with Crippen molar-refractivity contribution in [2.75, 3.05) is 13.7 Å². The van der Waals surface area contributed by atoms with Crippen molar-refractivity contribution in [3.63, 3.8) is 0 Å². The summed E-state index contributed by atoms with van der Waals surface area (Å²) >= 11 is 0. The Bertz CT molecular complexity index is 556. The molecule has 0 aliphatic heterocycles. The molecule has 5 heteroatoms. The summed E-state index contributed by atoms with van der Waals surface area (Å²) < 4.78 is 4.91. The Labute approximate surface area is 111 Å². The van der Waals surface area contributed by atoms with Crippen molar-refractivity contribution in [3.05, 3.63) is 42.0 Å². The monoisotopic (exact) mass is 258 g/mol. The summed E-state index contributed by atoms with van der Waals surface area (Å²) in [7, 11) is 1.44. The largest absolute Gasteiger partial charge is 0.504 e. The third-order valence-corrected chi connectivity index (χ3v) is 2.29. The van der Waals surface area contributed by atoms with E-state index in [9.17, 15) is 9.90 Å². The van der Waals surface area contributed by atoms with Gasteiger partial charge in [0.15, 0.2) is 11.5 Å². The second-order valence-electron chi connectivity index (χ2n) is 3.60. The first-order valence-corrected chi connectivity index (χ1v) is 5.50. The van der Waals surface area contributed by atoms with E-state index in [-0.39, 0.29) is 17.9 Å². The van der Waals surface area contributed by atoms with E-state index in [0.717, 1.165) is 0 Å². The lowest BCUT2D eigenvalue weighted by molar-refractivity contribution is -0.116. The van der Waals surface area contributed by atoms with Crippen LogP contribution in [0.4, 0.5) is 0 Å². The van der Waals surface area contributed by atoms with Crippen LogP contribution in [-0.2, 0) is 4.79 Å². The van der Waals surface area contributed by atoms with Gasteiger partial charge < -0.3 is 15.2 Å². The van der Waals surface area contributed by atoms with Crippen molar-refractivity contribution in [3.8, 4) is 17.6 Å². The maximum absolute atomic E-state index is 11.6. The molecule has 0 aromatic heterocycles. The summed E-state index contributed by atoms with van der Waals surface area (Å²) in [6.45, 7) is 3.75. The molecule has 0 fully saturated rings. The van der Waals surface area contributed by atoms with Gasteiger partial charge >= 0.3 is 0 Å². The second-order valence-corrected chi connectivity index (χ2v) is 3.60. The Morgan fingerprint density at radius 3 is 2.89 bits per heavy atom. The van der Waals surface area contributed by atoms with Crippen LogP contribution in [0.5, 0.6) is 11.5 Å². The number of rotatable bonds is 5. The number of hydrogen-bond acceptors (Lipinski definition) is 4. The number of nitrogens with one attached hydrogen (secondary N) is 1. The van der Waals surface area contributed by atoms with Gasteiger partial charge in [0.2, 0.25) is 0 Å². The smallest absolute Gasteiger partial charge is 0.262 e. The van der Waals surface area contributed by atoms with Crippen LogP contribution in [0.25, 0.3) is 6.08 Å². The van der Waals surface area contributed by atoms with E-state index in [2.05, 4.69) is 11.9 Å². The SMILES string of the molecule is C=CCNC(=O)/C(C#N)=C\c1ccc(OC)c(O)c1. The summed E-state index contributed by atoms with van der Waals surface area (Å²) in [6.07, 6.45) is 2.91. The number of nitrogens with zero attached hydrogens (tertiary/aromatic N) is 1. The molecule has 0 aliphatic carbocycles. The maximum atomic E-state index is 11.6. The zero-order chi connectivity index (χ0) is 14.3. The summed E-state index contributed by atoms with van der Waals surface area (Å²) in [6, 6.07) is 6.41. The predicted molar refractivity (Wildman–Crippen MR) is 71.5 cm³/mol. The Morgan fingerprint density at radius 2 is 2.37 bits per heavy atom. The highest BCUT2D eigenvalue weighted by Crippen LogP contribution is 2.27. The maximum Gasteiger partial charge on any atom is 0.262 e. The zero-order valence-electron chi connectivity index (χ0n) is 10.5. The van der Waals surface area contributed by atoms with Crippen LogP contribution in [-0.4, -0.2) is 24.7 Å². The molecule has 0 unspecified atom stereocenters. The molecule has 0 aliphatic rings. The Morgan fingerprint density at radius 1 is 1.63 bits per heavy atom. The van der Waals surface area contributed by atoms with Gasteiger partial charge in [-0.3, -0.25) is 4.79 Å². The summed E-state index contributed by atoms with van der Waals surface area (Å²) in [4.78, 5) is 11.6. The molecule has 0 spiro atoms. The fourth-order valence-corrected chi connectivity index (χ4v) is 1.37. The Hall–Kier alpha value is -2.74. The van der Waals surface area contributed by atoms with Crippen molar-refractivity contribution in [2.45, 2.75) is 0 Å². The number of methoxy groups -OCH3 is 1. The van der Waals surface area contributed by atoms with E-state index >= 15 is 0 Å². The molecule has 1 aromatic carbocycles. The van der Waals surface area contributed by atoms with Gasteiger partial charge in [-0.15, -0.1) is 6.58 Å². The van der Waals surface area contributed by atoms with Crippen molar-refractivity contribution < 1.29 is 14.6 Å². The van der Waals surface area contributed by atoms with Crippen LogP contribution in [0.1, 0.15) is 5.56 Å². The molecule has 0 heterocycles. The first kappa shape index (κ1) is 14.3. The number of carbonyl (C=O) groups excluding carboxylic acids is 1. The zero-order valence-corrected chi connectivity index (χ0v) is 10.5. The van der Waals surface area contributed by atoms with E-state index in [1.807, 2.05) is 6.07 Å². The van der Waals surface area contributed by atoms with Crippen LogP contribution in [0.3, 0.4) is 0 Å². The first-order chi connectivity index (χ1) is 9.12. The summed E-state index contributed by atoms with van der Waals surface area (Å²) in [5.41, 5.74) is 0.481. The molecule has 0 atom stereocenters. The normalized spacial score (nSPS) is 10.4. The van der Waals surface area contributed by atoms with Crippen molar-refractivity contribution in [1.82, 2.24) is 5.32 Å². The number of ether oxygens (including phenoxy) is 1. The number of hydrogen-bond donors (Lipinski definition) is 2. The number of aromatic hydroxyl groups is 1. The highest BCUT2D eigenvalue weighted by Gasteiger charge is 2.08. The molecule has 0 bridgehead atoms. The van der Waals surface area contributed by atoms with Gasteiger partial charge in [0.25, 0.3) is 5.91 Å². The van der Waals surface area contributed by atoms with Gasteiger partial charge in [-0.05, 0) is 23.8 Å². The number of benzene rings is 1. The van der Waals surface area contributed by atoms with Crippen LogP contribution in [0, 0.1) is 11.3 Å². The third-order valence-electron chi connectivity index (χ3n) is 2.29. The van der Waals surface area contributed by atoms with Gasteiger partial charge in [-0.1, -0.05) is 12.1 Å². The fraction of sp³-hybridized carbons (Fsp3) is 0.143. The van der Waals surface area contributed by atoms with E-state index < -0.39 is 5.91 Å². The molecule has 98 valence electrons. The van der Waals surface area contributed by atoms with Gasteiger partial charge in [0.05, 0.1) is 7.11 Å². The molecule has 1 rings (SSSR count). The minimum absolute atomic E-state index is 0.0496. The minimum atomic E-state index is -0.488. The van der Waals surface area contributed by atoms with E-state index in [1.165, 1.54) is 25.3 Å². The number of amides is 1. The molecule has 1 aromatic rings. The van der Waals surface area contributed by atoms with Gasteiger partial charge in [-0.25, -0.2) is 0 Å². The van der Waals surface area contributed by atoms with Crippen molar-refractivity contribution in [2.24, 2.45) is 0 Å². The molecular formula is C14H14N2O3. The quantitative estimate of drug-likeness (QED) is 0.477. The van der Waals surface area contributed by atoms with E-state index in [0.29, 0.717) is 11.3 Å². The fourth-order valence-electron chi connectivity index (χ4n) is 1.37. The van der Waals surface area contributed by atoms with Gasteiger partial charge in [-0.2, -0.15) is 5.26 Å². The highest BCUT2D eigenvalue weighted by atomic mass is 16.5. The molecule has 0 saturated carbocycles. The lowest BCUT2D eigenvalue weighted by Gasteiger charge is -2.04. The summed E-state index contributed by atoms with van der Waals surface area (Å²) in [5, 5.41) is 21.0. The average Bonchev–Trinajstić information content (AvgIpc) is 2.42. The number of phenolic OH excluding ortho intramolecular Hbond substituents is 1. The van der Waals surface area contributed by atoms with Gasteiger partial charge in [0, 0.05) is 6.54 Å². The Balaban J connectivity index is 2.98. The lowest BCUT2D eigenvalue weighted by Crippen LogP contribution is -2.24. The number of nitriles is 1. The van der Waals surface area contributed by atoms with Crippen LogP contribution >= 0.6 is 0 Å². The molecule has 19 heavy (non-hydrogen) atoms. The van der Waals surface area contributed by atoms with Crippen LogP contribution in [0.15, 0.2) is 36.4 Å². The van der Waals surface area contributed by atoms with Crippen LogP contribution in [0.2, 0.25) is 0 Å². The first-order valence-electron chi connectivity index (χ1n) is 5.50. The molecule has 2 N–H and O–H groups in total. The highest BCUT2D eigenvalue weighted by molar-refractivity contribution is 6.01. The van der Waals surface area contributed by atoms with Crippen LogP contribution < -0.4 is 10.1 Å². The number of phenols is 1. The molecule has 5 nitrogen and oxygen atoms in total. The Kier molecular flexibility index (Phi) is 5.17. The van der Waals surface area contributed by atoms with E-state index in [1.54, 1.807) is 12.1 Å². The molecule has 1 amide bonds. The number of carbonyl (C=O) groups is 1. The lowest BCUT2D eigenvalue weighted by atomic mass is 10.1. The predicted octanol–water partition coefficient (Wildman–Crippen LogP) is 1.61.